The highest BCUT2D eigenvalue weighted by atomic mass is 19.3. The Kier molecular flexibility index (Phi) is 7.12. The Labute approximate surface area is 106 Å². The molecule has 1 aliphatic carbocycles. The van der Waals surface area contributed by atoms with Crippen molar-refractivity contribution in [3.8, 4) is 0 Å². The van der Waals surface area contributed by atoms with E-state index in [0.717, 1.165) is 25.7 Å². The molecule has 0 bridgehead atoms. The number of ether oxygens (including phenoxy) is 1. The average molecular weight is 264 g/mol. The molecule has 0 aromatic rings. The summed E-state index contributed by atoms with van der Waals surface area (Å²) in [7, 11) is 0. The van der Waals surface area contributed by atoms with E-state index in [9.17, 15) is 13.6 Å². The first kappa shape index (κ1) is 15.3. The van der Waals surface area contributed by atoms with Crippen molar-refractivity contribution in [1.29, 1.82) is 0 Å². The Bertz CT molecular complexity index is 252. The molecule has 18 heavy (non-hydrogen) atoms. The number of nitrogens with one attached hydrogen (secondary N) is 1. The van der Waals surface area contributed by atoms with E-state index in [0.29, 0.717) is 12.5 Å². The van der Waals surface area contributed by atoms with Crippen LogP contribution in [0.15, 0.2) is 0 Å². The molecule has 4 nitrogen and oxygen atoms in total. The molecule has 1 amide bonds. The topological polar surface area (TPSA) is 64.3 Å². The summed E-state index contributed by atoms with van der Waals surface area (Å²) in [6, 6.07) is 0.131. The van der Waals surface area contributed by atoms with E-state index in [1.54, 1.807) is 0 Å². The predicted molar refractivity (Wildman–Crippen MR) is 64.4 cm³/mol. The van der Waals surface area contributed by atoms with Gasteiger partial charge < -0.3 is 15.8 Å². The summed E-state index contributed by atoms with van der Waals surface area (Å²) < 4.78 is 28.3. The third-order valence-electron chi connectivity index (χ3n) is 3.28. The van der Waals surface area contributed by atoms with Crippen LogP contribution < -0.4 is 11.1 Å². The van der Waals surface area contributed by atoms with Gasteiger partial charge in [0.15, 0.2) is 0 Å². The van der Waals surface area contributed by atoms with Crippen LogP contribution in [0.2, 0.25) is 0 Å². The summed E-state index contributed by atoms with van der Waals surface area (Å²) in [4.78, 5) is 11.6. The van der Waals surface area contributed by atoms with E-state index >= 15 is 0 Å². The summed E-state index contributed by atoms with van der Waals surface area (Å²) in [5.41, 5.74) is 5.66. The van der Waals surface area contributed by atoms with Crippen molar-refractivity contribution in [3.63, 3.8) is 0 Å². The molecule has 0 spiro atoms. The zero-order valence-corrected chi connectivity index (χ0v) is 10.5. The molecule has 0 saturated heterocycles. The highest BCUT2D eigenvalue weighted by molar-refractivity contribution is 5.76. The van der Waals surface area contributed by atoms with Gasteiger partial charge in [-0.2, -0.15) is 0 Å². The van der Waals surface area contributed by atoms with E-state index in [1.165, 1.54) is 0 Å². The number of nitrogens with two attached hydrogens (primary N) is 1. The van der Waals surface area contributed by atoms with Crippen molar-refractivity contribution in [2.75, 3.05) is 19.8 Å². The van der Waals surface area contributed by atoms with Gasteiger partial charge in [0.25, 0.3) is 6.43 Å². The molecule has 1 saturated carbocycles. The fourth-order valence-corrected chi connectivity index (χ4v) is 2.30. The quantitative estimate of drug-likeness (QED) is 0.681. The molecule has 3 N–H and O–H groups in total. The predicted octanol–water partition coefficient (Wildman–Crippen LogP) is 1.29. The van der Waals surface area contributed by atoms with Crippen molar-refractivity contribution in [3.05, 3.63) is 0 Å². The molecule has 0 aliphatic heterocycles. The highest BCUT2D eigenvalue weighted by Crippen LogP contribution is 2.23. The fourth-order valence-electron chi connectivity index (χ4n) is 2.30. The van der Waals surface area contributed by atoms with E-state index in [1.807, 2.05) is 0 Å². The van der Waals surface area contributed by atoms with E-state index in [2.05, 4.69) is 10.1 Å². The molecule has 106 valence electrons. The van der Waals surface area contributed by atoms with Gasteiger partial charge in [-0.1, -0.05) is 12.8 Å². The van der Waals surface area contributed by atoms with Crippen LogP contribution in [0.3, 0.4) is 0 Å². The number of hydrogen-bond acceptors (Lipinski definition) is 3. The second kappa shape index (κ2) is 8.37. The Hall–Kier alpha value is -0.750. The third kappa shape index (κ3) is 5.73. The highest BCUT2D eigenvalue weighted by Gasteiger charge is 2.24. The van der Waals surface area contributed by atoms with Gasteiger partial charge in [0.1, 0.15) is 6.61 Å². The maximum Gasteiger partial charge on any atom is 0.261 e. The number of alkyl halides is 2. The first-order chi connectivity index (χ1) is 8.63. The SMILES string of the molecule is NCC1CCCCC1NC(=O)CCOCC(F)F. The lowest BCUT2D eigenvalue weighted by Gasteiger charge is -2.31. The Morgan fingerprint density at radius 2 is 2.11 bits per heavy atom. The molecule has 2 unspecified atom stereocenters. The lowest BCUT2D eigenvalue weighted by atomic mass is 9.84. The van der Waals surface area contributed by atoms with Crippen LogP contribution in [-0.2, 0) is 9.53 Å². The van der Waals surface area contributed by atoms with Gasteiger partial charge in [-0.15, -0.1) is 0 Å². The van der Waals surface area contributed by atoms with Gasteiger partial charge in [0, 0.05) is 12.5 Å². The zero-order chi connectivity index (χ0) is 13.4. The molecule has 0 aromatic heterocycles. The van der Waals surface area contributed by atoms with Gasteiger partial charge in [-0.3, -0.25) is 4.79 Å². The number of carbonyl (C=O) groups is 1. The minimum Gasteiger partial charge on any atom is -0.375 e. The lowest BCUT2D eigenvalue weighted by Crippen LogP contribution is -2.44. The molecule has 0 heterocycles. The summed E-state index contributed by atoms with van der Waals surface area (Å²) in [5.74, 6) is 0.194. The average Bonchev–Trinajstić information content (AvgIpc) is 2.35. The Morgan fingerprint density at radius 3 is 2.78 bits per heavy atom. The largest absolute Gasteiger partial charge is 0.375 e. The van der Waals surface area contributed by atoms with E-state index in [-0.39, 0.29) is 25.0 Å². The minimum absolute atomic E-state index is 0.0379. The van der Waals surface area contributed by atoms with Crippen LogP contribution >= 0.6 is 0 Å². The van der Waals surface area contributed by atoms with Gasteiger partial charge >= 0.3 is 0 Å². The van der Waals surface area contributed by atoms with Gasteiger partial charge in [-0.25, -0.2) is 8.78 Å². The third-order valence-corrected chi connectivity index (χ3v) is 3.28. The molecule has 1 aliphatic rings. The van der Waals surface area contributed by atoms with E-state index in [4.69, 9.17) is 5.73 Å². The van der Waals surface area contributed by atoms with Crippen LogP contribution in [-0.4, -0.2) is 38.1 Å². The van der Waals surface area contributed by atoms with Crippen LogP contribution in [0.1, 0.15) is 32.1 Å². The van der Waals surface area contributed by atoms with Crippen molar-refractivity contribution < 1.29 is 18.3 Å². The molecule has 0 aromatic carbocycles. The first-order valence-corrected chi connectivity index (χ1v) is 6.48. The zero-order valence-electron chi connectivity index (χ0n) is 10.5. The molecule has 1 fully saturated rings. The summed E-state index contributed by atoms with van der Waals surface area (Å²) >= 11 is 0. The second-order valence-electron chi connectivity index (χ2n) is 4.67. The lowest BCUT2D eigenvalue weighted by molar-refractivity contribution is -0.123. The summed E-state index contributed by atoms with van der Waals surface area (Å²) in [6.07, 6.45) is 1.90. The number of halogens is 2. The van der Waals surface area contributed by atoms with Crippen LogP contribution in [0.5, 0.6) is 0 Å². The van der Waals surface area contributed by atoms with Crippen molar-refractivity contribution in [2.45, 2.75) is 44.6 Å². The van der Waals surface area contributed by atoms with Crippen molar-refractivity contribution >= 4 is 5.91 Å². The van der Waals surface area contributed by atoms with Crippen LogP contribution in [0.25, 0.3) is 0 Å². The number of rotatable bonds is 7. The molecule has 6 heteroatoms. The van der Waals surface area contributed by atoms with Gasteiger partial charge in [0.05, 0.1) is 6.61 Å². The summed E-state index contributed by atoms with van der Waals surface area (Å²) in [6.45, 7) is 0.00511. The van der Waals surface area contributed by atoms with Crippen molar-refractivity contribution in [2.24, 2.45) is 11.7 Å². The number of hydrogen-bond donors (Lipinski definition) is 2. The first-order valence-electron chi connectivity index (χ1n) is 6.48. The Balaban J connectivity index is 2.18. The maximum absolute atomic E-state index is 11.8. The minimum atomic E-state index is -2.48. The van der Waals surface area contributed by atoms with Crippen molar-refractivity contribution in [1.82, 2.24) is 5.32 Å². The molecule has 0 radical (unpaired) electrons. The van der Waals surface area contributed by atoms with Gasteiger partial charge in [-0.05, 0) is 25.3 Å². The standard InChI is InChI=1S/C12H22F2N2O2/c13-11(14)8-18-6-5-12(17)16-10-4-2-1-3-9(10)7-15/h9-11H,1-8,15H2,(H,16,17). The normalized spacial score (nSPS) is 24.2. The summed E-state index contributed by atoms with van der Waals surface area (Å²) in [5, 5.41) is 2.92. The Morgan fingerprint density at radius 1 is 1.39 bits per heavy atom. The maximum atomic E-state index is 11.8. The molecule has 2 atom stereocenters. The molecular weight excluding hydrogens is 242 g/mol. The fraction of sp³-hybridized carbons (Fsp3) is 0.917. The second-order valence-corrected chi connectivity index (χ2v) is 4.67. The number of amides is 1. The molecular formula is C12H22F2N2O2. The van der Waals surface area contributed by atoms with Crippen LogP contribution in [0, 0.1) is 5.92 Å². The molecule has 1 rings (SSSR count). The van der Waals surface area contributed by atoms with Gasteiger partial charge in [0.2, 0.25) is 5.91 Å². The monoisotopic (exact) mass is 264 g/mol. The smallest absolute Gasteiger partial charge is 0.261 e. The van der Waals surface area contributed by atoms with Crippen LogP contribution in [0.4, 0.5) is 8.78 Å². The number of carbonyl (C=O) groups excluding carboxylic acids is 1. The van der Waals surface area contributed by atoms with E-state index < -0.39 is 13.0 Å².